The molecule has 1 fully saturated rings. The minimum atomic E-state index is 0.184. The molecule has 2 rings (SSSR count). The molecule has 0 aliphatic carbocycles. The standard InChI is InChI=1S/C16H26N2O/c1-13-8-9-17-16(2,3)12-18(13)11-14-6-5-7-15(10-14)19-4/h5-7,10,13,17H,8-9,11-12H2,1-4H3. The Bertz CT molecular complexity index is 417. The average molecular weight is 262 g/mol. The highest BCUT2D eigenvalue weighted by atomic mass is 16.5. The van der Waals surface area contributed by atoms with Gasteiger partial charge in [0.2, 0.25) is 0 Å². The van der Waals surface area contributed by atoms with Crippen molar-refractivity contribution in [2.75, 3.05) is 20.2 Å². The SMILES string of the molecule is COc1cccc(CN2CC(C)(C)NCCC2C)c1. The van der Waals surface area contributed by atoms with Gasteiger partial charge in [0.05, 0.1) is 7.11 Å². The monoisotopic (exact) mass is 262 g/mol. The van der Waals surface area contributed by atoms with Gasteiger partial charge < -0.3 is 10.1 Å². The van der Waals surface area contributed by atoms with Gasteiger partial charge in [-0.1, -0.05) is 12.1 Å². The summed E-state index contributed by atoms with van der Waals surface area (Å²) < 4.78 is 5.31. The molecular weight excluding hydrogens is 236 g/mol. The molecule has 1 saturated heterocycles. The number of hydrogen-bond acceptors (Lipinski definition) is 3. The molecule has 1 aliphatic rings. The van der Waals surface area contributed by atoms with Crippen molar-refractivity contribution in [2.24, 2.45) is 0 Å². The van der Waals surface area contributed by atoms with E-state index in [-0.39, 0.29) is 5.54 Å². The zero-order valence-electron chi connectivity index (χ0n) is 12.6. The van der Waals surface area contributed by atoms with E-state index in [1.807, 2.05) is 6.07 Å². The Hall–Kier alpha value is -1.06. The molecule has 106 valence electrons. The van der Waals surface area contributed by atoms with Crippen molar-refractivity contribution >= 4 is 0 Å². The summed E-state index contributed by atoms with van der Waals surface area (Å²) in [6.45, 7) is 10.0. The lowest BCUT2D eigenvalue weighted by atomic mass is 10.0. The van der Waals surface area contributed by atoms with Crippen LogP contribution in [0.4, 0.5) is 0 Å². The zero-order valence-corrected chi connectivity index (χ0v) is 12.6. The molecule has 1 aromatic rings. The van der Waals surface area contributed by atoms with Crippen LogP contribution in [0, 0.1) is 0 Å². The minimum absolute atomic E-state index is 0.184. The van der Waals surface area contributed by atoms with E-state index >= 15 is 0 Å². The number of hydrogen-bond donors (Lipinski definition) is 1. The second-order valence-corrected chi connectivity index (χ2v) is 6.20. The number of methoxy groups -OCH3 is 1. The number of nitrogens with one attached hydrogen (secondary N) is 1. The summed E-state index contributed by atoms with van der Waals surface area (Å²) in [5, 5.41) is 3.62. The molecule has 1 heterocycles. The predicted molar refractivity (Wildman–Crippen MR) is 79.6 cm³/mol. The quantitative estimate of drug-likeness (QED) is 0.906. The molecule has 0 radical (unpaired) electrons. The summed E-state index contributed by atoms with van der Waals surface area (Å²) in [6.07, 6.45) is 1.20. The normalized spacial score (nSPS) is 23.9. The first-order valence-corrected chi connectivity index (χ1v) is 7.12. The van der Waals surface area contributed by atoms with Crippen molar-refractivity contribution in [3.8, 4) is 5.75 Å². The average Bonchev–Trinajstić information content (AvgIpc) is 2.49. The van der Waals surface area contributed by atoms with Gasteiger partial charge in [-0.25, -0.2) is 0 Å². The van der Waals surface area contributed by atoms with Crippen LogP contribution in [-0.4, -0.2) is 36.7 Å². The van der Waals surface area contributed by atoms with Crippen molar-refractivity contribution < 1.29 is 4.74 Å². The molecule has 19 heavy (non-hydrogen) atoms. The second kappa shape index (κ2) is 5.93. The molecule has 0 bridgehead atoms. The number of ether oxygens (including phenoxy) is 1. The Kier molecular flexibility index (Phi) is 4.48. The number of benzene rings is 1. The van der Waals surface area contributed by atoms with Crippen molar-refractivity contribution in [1.29, 1.82) is 0 Å². The molecule has 1 N–H and O–H groups in total. The third kappa shape index (κ3) is 3.95. The van der Waals surface area contributed by atoms with Crippen LogP contribution in [0.3, 0.4) is 0 Å². The molecule has 3 heteroatoms. The first kappa shape index (κ1) is 14.4. The van der Waals surface area contributed by atoms with Crippen molar-refractivity contribution in [1.82, 2.24) is 10.2 Å². The molecule has 0 spiro atoms. The molecule has 0 saturated carbocycles. The second-order valence-electron chi connectivity index (χ2n) is 6.20. The van der Waals surface area contributed by atoms with Gasteiger partial charge in [-0.15, -0.1) is 0 Å². The van der Waals surface area contributed by atoms with Gasteiger partial charge in [0.1, 0.15) is 5.75 Å². The Balaban J connectivity index is 2.10. The molecule has 0 aromatic heterocycles. The summed E-state index contributed by atoms with van der Waals surface area (Å²) in [5.74, 6) is 0.942. The van der Waals surface area contributed by atoms with Gasteiger partial charge in [-0.2, -0.15) is 0 Å². The van der Waals surface area contributed by atoms with Gasteiger partial charge in [0.15, 0.2) is 0 Å². The Morgan fingerprint density at radius 1 is 1.42 bits per heavy atom. The highest BCUT2D eigenvalue weighted by Gasteiger charge is 2.27. The van der Waals surface area contributed by atoms with Crippen LogP contribution in [0.15, 0.2) is 24.3 Å². The molecule has 3 nitrogen and oxygen atoms in total. The first-order chi connectivity index (χ1) is 9.00. The lowest BCUT2D eigenvalue weighted by Crippen LogP contribution is -2.47. The lowest BCUT2D eigenvalue weighted by molar-refractivity contribution is 0.173. The van der Waals surface area contributed by atoms with Crippen molar-refractivity contribution in [3.63, 3.8) is 0 Å². The molecule has 1 atom stereocenters. The van der Waals surface area contributed by atoms with Gasteiger partial charge in [0, 0.05) is 24.7 Å². The lowest BCUT2D eigenvalue weighted by Gasteiger charge is -2.33. The van der Waals surface area contributed by atoms with E-state index < -0.39 is 0 Å². The molecule has 1 unspecified atom stereocenters. The number of rotatable bonds is 3. The summed E-state index contributed by atoms with van der Waals surface area (Å²) in [5.41, 5.74) is 1.51. The van der Waals surface area contributed by atoms with Crippen molar-refractivity contribution in [3.05, 3.63) is 29.8 Å². The van der Waals surface area contributed by atoms with E-state index in [9.17, 15) is 0 Å². The van der Waals surface area contributed by atoms with E-state index in [1.165, 1.54) is 12.0 Å². The summed E-state index contributed by atoms with van der Waals surface area (Å²) in [4.78, 5) is 2.56. The third-order valence-corrected chi connectivity index (χ3v) is 3.91. The summed E-state index contributed by atoms with van der Waals surface area (Å²) in [6, 6.07) is 9.00. The Morgan fingerprint density at radius 3 is 2.95 bits per heavy atom. The molecule has 1 aromatic carbocycles. The smallest absolute Gasteiger partial charge is 0.119 e. The fourth-order valence-electron chi connectivity index (χ4n) is 2.74. The highest BCUT2D eigenvalue weighted by molar-refractivity contribution is 5.28. The maximum Gasteiger partial charge on any atom is 0.119 e. The summed E-state index contributed by atoms with van der Waals surface area (Å²) in [7, 11) is 1.72. The van der Waals surface area contributed by atoms with E-state index in [0.717, 1.165) is 25.4 Å². The van der Waals surface area contributed by atoms with Crippen LogP contribution in [0.1, 0.15) is 32.8 Å². The molecular formula is C16H26N2O. The predicted octanol–water partition coefficient (Wildman–Crippen LogP) is 2.66. The maximum absolute atomic E-state index is 5.31. The Labute approximate surface area is 116 Å². The fourth-order valence-corrected chi connectivity index (χ4v) is 2.74. The zero-order chi connectivity index (χ0) is 13.9. The van der Waals surface area contributed by atoms with Gasteiger partial charge in [-0.05, 0) is 51.4 Å². The first-order valence-electron chi connectivity index (χ1n) is 7.12. The topological polar surface area (TPSA) is 24.5 Å². The van der Waals surface area contributed by atoms with Crippen LogP contribution in [0.5, 0.6) is 5.75 Å². The summed E-state index contributed by atoms with van der Waals surface area (Å²) >= 11 is 0. The molecule has 0 amide bonds. The maximum atomic E-state index is 5.31. The van der Waals surface area contributed by atoms with Gasteiger partial charge in [0.25, 0.3) is 0 Å². The van der Waals surface area contributed by atoms with E-state index in [1.54, 1.807) is 7.11 Å². The van der Waals surface area contributed by atoms with Crippen LogP contribution in [-0.2, 0) is 6.54 Å². The molecule has 1 aliphatic heterocycles. The fraction of sp³-hybridized carbons (Fsp3) is 0.625. The third-order valence-electron chi connectivity index (χ3n) is 3.91. The van der Waals surface area contributed by atoms with Crippen molar-refractivity contribution in [2.45, 2.75) is 45.3 Å². The van der Waals surface area contributed by atoms with E-state index in [2.05, 4.69) is 49.2 Å². The minimum Gasteiger partial charge on any atom is -0.497 e. The van der Waals surface area contributed by atoms with E-state index in [4.69, 9.17) is 4.74 Å². The van der Waals surface area contributed by atoms with Gasteiger partial charge in [-0.3, -0.25) is 4.90 Å². The largest absolute Gasteiger partial charge is 0.497 e. The Morgan fingerprint density at radius 2 is 2.21 bits per heavy atom. The van der Waals surface area contributed by atoms with E-state index in [0.29, 0.717) is 6.04 Å². The number of nitrogens with zero attached hydrogens (tertiary/aromatic N) is 1. The highest BCUT2D eigenvalue weighted by Crippen LogP contribution is 2.20. The van der Waals surface area contributed by atoms with Crippen LogP contribution < -0.4 is 10.1 Å². The van der Waals surface area contributed by atoms with Gasteiger partial charge >= 0.3 is 0 Å². The van der Waals surface area contributed by atoms with Crippen LogP contribution in [0.2, 0.25) is 0 Å². The van der Waals surface area contributed by atoms with Crippen LogP contribution >= 0.6 is 0 Å². The van der Waals surface area contributed by atoms with Crippen LogP contribution in [0.25, 0.3) is 0 Å².